The number of benzene rings is 1. The van der Waals surface area contributed by atoms with E-state index in [1.807, 2.05) is 0 Å². The summed E-state index contributed by atoms with van der Waals surface area (Å²) < 4.78 is 0. The predicted octanol–water partition coefficient (Wildman–Crippen LogP) is 3.61. The summed E-state index contributed by atoms with van der Waals surface area (Å²) in [6.45, 7) is 5.06. The zero-order chi connectivity index (χ0) is 16.9. The molecule has 2 aliphatic rings. The summed E-state index contributed by atoms with van der Waals surface area (Å²) in [4.78, 5) is 14.9. The Morgan fingerprint density at radius 3 is 2.38 bits per heavy atom. The lowest BCUT2D eigenvalue weighted by Gasteiger charge is -2.28. The van der Waals surface area contributed by atoms with Crippen LogP contribution >= 0.6 is 24.8 Å². The van der Waals surface area contributed by atoms with E-state index in [4.69, 9.17) is 5.73 Å². The molecule has 26 heavy (non-hydrogen) atoms. The van der Waals surface area contributed by atoms with Crippen molar-refractivity contribution in [3.05, 3.63) is 35.4 Å². The van der Waals surface area contributed by atoms with E-state index in [2.05, 4.69) is 41.4 Å². The van der Waals surface area contributed by atoms with Crippen molar-refractivity contribution in [2.45, 2.75) is 57.5 Å². The molecular formula is C20H33Cl2N3O. The molecule has 1 aromatic carbocycles. The molecule has 3 rings (SSSR count). The molecule has 1 heterocycles. The van der Waals surface area contributed by atoms with Crippen molar-refractivity contribution in [2.75, 3.05) is 19.6 Å². The number of nitrogens with one attached hydrogen (secondary N) is 1. The SMILES string of the molecule is Cc1ccc(C(CNC(=O)C[C@@H]2CCC[C@H]2N)N2CCCC2)cc1.Cl.Cl. The van der Waals surface area contributed by atoms with Gasteiger partial charge in [0, 0.05) is 19.0 Å². The molecule has 2 fully saturated rings. The number of nitrogens with two attached hydrogens (primary N) is 1. The van der Waals surface area contributed by atoms with Crippen molar-refractivity contribution in [3.63, 3.8) is 0 Å². The average Bonchev–Trinajstić information content (AvgIpc) is 3.22. The van der Waals surface area contributed by atoms with Gasteiger partial charge in [-0.1, -0.05) is 36.2 Å². The molecule has 1 saturated carbocycles. The molecule has 1 aliphatic carbocycles. The van der Waals surface area contributed by atoms with Gasteiger partial charge < -0.3 is 11.1 Å². The highest BCUT2D eigenvalue weighted by molar-refractivity contribution is 5.85. The van der Waals surface area contributed by atoms with Crippen LogP contribution in [0.1, 0.15) is 55.7 Å². The third-order valence-corrected chi connectivity index (χ3v) is 5.70. The molecule has 0 bridgehead atoms. The summed E-state index contributed by atoms with van der Waals surface area (Å²) >= 11 is 0. The van der Waals surface area contributed by atoms with E-state index in [1.165, 1.54) is 30.4 Å². The summed E-state index contributed by atoms with van der Waals surface area (Å²) in [7, 11) is 0. The first kappa shape index (κ1) is 23.2. The van der Waals surface area contributed by atoms with E-state index in [0.29, 0.717) is 18.9 Å². The number of carbonyl (C=O) groups excluding carboxylic acids is 1. The first-order chi connectivity index (χ1) is 11.6. The second-order valence-electron chi connectivity index (χ2n) is 7.53. The fourth-order valence-corrected chi connectivity index (χ4v) is 4.14. The molecule has 1 saturated heterocycles. The van der Waals surface area contributed by atoms with Crippen LogP contribution in [0.15, 0.2) is 24.3 Å². The van der Waals surface area contributed by atoms with Crippen LogP contribution in [-0.2, 0) is 4.79 Å². The molecule has 6 heteroatoms. The molecular weight excluding hydrogens is 369 g/mol. The number of nitrogens with zero attached hydrogens (tertiary/aromatic N) is 1. The minimum Gasteiger partial charge on any atom is -0.354 e. The molecule has 1 aromatic rings. The van der Waals surface area contributed by atoms with E-state index >= 15 is 0 Å². The van der Waals surface area contributed by atoms with Gasteiger partial charge in [0.15, 0.2) is 0 Å². The minimum atomic E-state index is 0. The number of hydrogen-bond acceptors (Lipinski definition) is 3. The monoisotopic (exact) mass is 401 g/mol. The van der Waals surface area contributed by atoms with Crippen molar-refractivity contribution in [1.29, 1.82) is 0 Å². The molecule has 3 N–H and O–H groups in total. The van der Waals surface area contributed by atoms with E-state index in [9.17, 15) is 4.79 Å². The number of rotatable bonds is 6. The quantitative estimate of drug-likeness (QED) is 0.764. The molecule has 148 valence electrons. The van der Waals surface area contributed by atoms with Gasteiger partial charge in [0.05, 0.1) is 6.04 Å². The highest BCUT2D eigenvalue weighted by Gasteiger charge is 2.27. The molecule has 0 spiro atoms. The Balaban J connectivity index is 0.00000169. The van der Waals surface area contributed by atoms with Gasteiger partial charge in [0.2, 0.25) is 5.91 Å². The maximum Gasteiger partial charge on any atom is 0.220 e. The van der Waals surface area contributed by atoms with Crippen LogP contribution in [0.5, 0.6) is 0 Å². The molecule has 1 aliphatic heterocycles. The Labute approximate surface area is 170 Å². The van der Waals surface area contributed by atoms with Gasteiger partial charge in [-0.05, 0) is 57.2 Å². The van der Waals surface area contributed by atoms with Crippen molar-refractivity contribution < 1.29 is 4.79 Å². The molecule has 1 unspecified atom stereocenters. The first-order valence-electron chi connectivity index (χ1n) is 9.46. The van der Waals surface area contributed by atoms with Crippen molar-refractivity contribution >= 4 is 30.7 Å². The summed E-state index contributed by atoms with van der Waals surface area (Å²) in [5.74, 6) is 0.531. The molecule has 4 nitrogen and oxygen atoms in total. The summed E-state index contributed by atoms with van der Waals surface area (Å²) in [5.41, 5.74) is 8.68. The molecule has 0 aromatic heterocycles. The Morgan fingerprint density at radius 1 is 1.15 bits per heavy atom. The number of hydrogen-bond donors (Lipinski definition) is 2. The largest absolute Gasteiger partial charge is 0.354 e. The lowest BCUT2D eigenvalue weighted by Crippen LogP contribution is -2.38. The predicted molar refractivity (Wildman–Crippen MR) is 112 cm³/mol. The zero-order valence-corrected chi connectivity index (χ0v) is 17.3. The smallest absolute Gasteiger partial charge is 0.220 e. The molecule has 0 radical (unpaired) electrons. The van der Waals surface area contributed by atoms with Gasteiger partial charge in [-0.25, -0.2) is 0 Å². The number of halogens is 2. The van der Waals surface area contributed by atoms with Gasteiger partial charge in [0.25, 0.3) is 0 Å². The summed E-state index contributed by atoms with van der Waals surface area (Å²) in [5, 5.41) is 3.18. The second-order valence-corrected chi connectivity index (χ2v) is 7.53. The average molecular weight is 402 g/mol. The lowest BCUT2D eigenvalue weighted by molar-refractivity contribution is -0.122. The van der Waals surface area contributed by atoms with Gasteiger partial charge >= 0.3 is 0 Å². The Hall–Kier alpha value is -0.810. The number of aryl methyl sites for hydroxylation is 1. The van der Waals surface area contributed by atoms with Crippen molar-refractivity contribution in [2.24, 2.45) is 11.7 Å². The Bertz CT molecular complexity index is 546. The third-order valence-electron chi connectivity index (χ3n) is 5.70. The van der Waals surface area contributed by atoms with Crippen LogP contribution in [-0.4, -0.2) is 36.5 Å². The van der Waals surface area contributed by atoms with Crippen molar-refractivity contribution in [1.82, 2.24) is 10.2 Å². The maximum absolute atomic E-state index is 12.4. The van der Waals surface area contributed by atoms with Crippen LogP contribution in [0.25, 0.3) is 0 Å². The van der Waals surface area contributed by atoms with Gasteiger partial charge in [-0.3, -0.25) is 9.69 Å². The number of amides is 1. The van der Waals surface area contributed by atoms with E-state index in [-0.39, 0.29) is 42.8 Å². The van der Waals surface area contributed by atoms with Crippen LogP contribution in [0.2, 0.25) is 0 Å². The van der Waals surface area contributed by atoms with Crippen LogP contribution < -0.4 is 11.1 Å². The zero-order valence-electron chi connectivity index (χ0n) is 15.7. The van der Waals surface area contributed by atoms with Crippen LogP contribution in [0.3, 0.4) is 0 Å². The third kappa shape index (κ3) is 6.12. The van der Waals surface area contributed by atoms with Crippen LogP contribution in [0, 0.1) is 12.8 Å². The Morgan fingerprint density at radius 2 is 1.81 bits per heavy atom. The van der Waals surface area contributed by atoms with Gasteiger partial charge in [-0.15, -0.1) is 24.8 Å². The van der Waals surface area contributed by atoms with Crippen molar-refractivity contribution in [3.8, 4) is 0 Å². The molecule has 1 amide bonds. The fourth-order valence-electron chi connectivity index (χ4n) is 4.14. The highest BCUT2D eigenvalue weighted by atomic mass is 35.5. The topological polar surface area (TPSA) is 58.4 Å². The fraction of sp³-hybridized carbons (Fsp3) is 0.650. The standard InChI is InChI=1S/C20H31N3O.2ClH/c1-15-7-9-16(10-8-15)19(23-11-2-3-12-23)14-22-20(24)13-17-5-4-6-18(17)21;;/h7-10,17-19H,2-6,11-14,21H2,1H3,(H,22,24);2*1H/t17-,18+,19?;;/m0../s1. The summed E-state index contributed by atoms with van der Waals surface area (Å²) in [6, 6.07) is 9.24. The Kier molecular flexibility index (Phi) is 9.94. The highest BCUT2D eigenvalue weighted by Crippen LogP contribution is 2.27. The number of carbonyl (C=O) groups is 1. The van der Waals surface area contributed by atoms with Gasteiger partial charge in [-0.2, -0.15) is 0 Å². The lowest BCUT2D eigenvalue weighted by atomic mass is 9.99. The number of likely N-dealkylation sites (tertiary alicyclic amines) is 1. The summed E-state index contributed by atoms with van der Waals surface area (Å²) in [6.07, 6.45) is 6.43. The first-order valence-corrected chi connectivity index (χ1v) is 9.46. The van der Waals surface area contributed by atoms with Gasteiger partial charge in [0.1, 0.15) is 0 Å². The van der Waals surface area contributed by atoms with Crippen LogP contribution in [0.4, 0.5) is 0 Å². The van der Waals surface area contributed by atoms with E-state index in [0.717, 1.165) is 25.9 Å². The normalized spacial score (nSPS) is 23.8. The minimum absolute atomic E-state index is 0. The molecule has 3 atom stereocenters. The van der Waals surface area contributed by atoms with E-state index < -0.39 is 0 Å². The van der Waals surface area contributed by atoms with E-state index in [1.54, 1.807) is 0 Å². The maximum atomic E-state index is 12.4. The second kappa shape index (κ2) is 11.1.